The van der Waals surface area contributed by atoms with Gasteiger partial charge in [-0.05, 0) is 24.6 Å². The Bertz CT molecular complexity index is 774. The standard InChI is InChI=1S/C16H12N2O3S2/c1-10-2-4-11(5-3-10)6-12(8-17)7-13-15(21)18(9-14(19)20)16(22)23-13/h2-7H,9H2,1H3,(H,19,20)/b12-6-,13-7-. The minimum absolute atomic E-state index is 0.177. The van der Waals surface area contributed by atoms with Crippen LogP contribution in [0, 0.1) is 18.3 Å². The summed E-state index contributed by atoms with van der Waals surface area (Å²) >= 11 is 6.00. The third kappa shape index (κ3) is 4.28. The van der Waals surface area contributed by atoms with Crippen LogP contribution in [0.2, 0.25) is 0 Å². The summed E-state index contributed by atoms with van der Waals surface area (Å²) in [5, 5.41) is 18.0. The molecule has 23 heavy (non-hydrogen) atoms. The summed E-state index contributed by atoms with van der Waals surface area (Å²) in [5.41, 5.74) is 2.24. The van der Waals surface area contributed by atoms with Crippen LogP contribution in [-0.4, -0.2) is 32.7 Å². The van der Waals surface area contributed by atoms with Crippen molar-refractivity contribution in [2.45, 2.75) is 6.92 Å². The molecule has 1 heterocycles. The van der Waals surface area contributed by atoms with Gasteiger partial charge < -0.3 is 5.11 Å². The topological polar surface area (TPSA) is 81.4 Å². The van der Waals surface area contributed by atoms with E-state index in [4.69, 9.17) is 17.3 Å². The lowest BCUT2D eigenvalue weighted by Gasteiger charge is -2.10. The highest BCUT2D eigenvalue weighted by Crippen LogP contribution is 2.31. The molecule has 0 bridgehead atoms. The van der Waals surface area contributed by atoms with E-state index in [1.54, 1.807) is 6.08 Å². The molecule has 0 spiro atoms. The largest absolute Gasteiger partial charge is 0.480 e. The number of carbonyl (C=O) groups is 2. The molecule has 1 N–H and O–H groups in total. The predicted octanol–water partition coefficient (Wildman–Crippen LogP) is 2.73. The molecular formula is C16H12N2O3S2. The first-order valence-electron chi connectivity index (χ1n) is 6.56. The number of carboxylic acid groups (broad SMARTS) is 1. The molecule has 0 unspecified atom stereocenters. The van der Waals surface area contributed by atoms with Crippen LogP contribution in [0.25, 0.3) is 6.08 Å². The second kappa shape index (κ2) is 7.22. The van der Waals surface area contributed by atoms with Gasteiger partial charge in [0.1, 0.15) is 10.9 Å². The summed E-state index contributed by atoms with van der Waals surface area (Å²) in [6.07, 6.45) is 3.09. The fraction of sp³-hybridized carbons (Fsp3) is 0.125. The molecule has 1 aromatic carbocycles. The molecule has 2 rings (SSSR count). The van der Waals surface area contributed by atoms with Crippen molar-refractivity contribution >= 4 is 46.3 Å². The van der Waals surface area contributed by atoms with Gasteiger partial charge in [0.05, 0.1) is 16.5 Å². The molecule has 116 valence electrons. The number of benzene rings is 1. The highest BCUT2D eigenvalue weighted by molar-refractivity contribution is 8.26. The zero-order chi connectivity index (χ0) is 17.0. The summed E-state index contributed by atoms with van der Waals surface area (Å²) in [7, 11) is 0. The number of hydrogen-bond acceptors (Lipinski definition) is 5. The summed E-state index contributed by atoms with van der Waals surface area (Å²) in [5.74, 6) is -1.63. The molecule has 7 heteroatoms. The number of amides is 1. The Balaban J connectivity index is 2.27. The van der Waals surface area contributed by atoms with E-state index < -0.39 is 18.4 Å². The summed E-state index contributed by atoms with van der Waals surface area (Å²) < 4.78 is 0.177. The average molecular weight is 344 g/mol. The molecule has 1 fully saturated rings. The lowest BCUT2D eigenvalue weighted by molar-refractivity contribution is -0.140. The first-order chi connectivity index (χ1) is 10.9. The van der Waals surface area contributed by atoms with Crippen LogP contribution >= 0.6 is 24.0 Å². The number of carbonyl (C=O) groups excluding carboxylic acids is 1. The molecule has 0 atom stereocenters. The molecule has 0 aromatic heterocycles. The number of hydrogen-bond donors (Lipinski definition) is 1. The van der Waals surface area contributed by atoms with Crippen LogP contribution < -0.4 is 0 Å². The molecule has 1 aliphatic heterocycles. The van der Waals surface area contributed by atoms with E-state index in [-0.39, 0.29) is 9.23 Å². The lowest BCUT2D eigenvalue weighted by Crippen LogP contribution is -2.33. The third-order valence-electron chi connectivity index (χ3n) is 2.98. The fourth-order valence-corrected chi connectivity index (χ4v) is 3.11. The molecule has 0 saturated carbocycles. The van der Waals surface area contributed by atoms with E-state index in [2.05, 4.69) is 0 Å². The van der Waals surface area contributed by atoms with Crippen molar-refractivity contribution in [3.05, 3.63) is 51.9 Å². The first kappa shape index (κ1) is 16.9. The van der Waals surface area contributed by atoms with Gasteiger partial charge in [0.15, 0.2) is 0 Å². The van der Waals surface area contributed by atoms with E-state index in [0.717, 1.165) is 27.8 Å². The Labute approximate surface area is 142 Å². The number of thiocarbonyl (C=S) groups is 1. The molecule has 0 radical (unpaired) electrons. The molecule has 1 aromatic rings. The van der Waals surface area contributed by atoms with Gasteiger partial charge >= 0.3 is 5.97 Å². The SMILES string of the molecule is Cc1ccc(/C=C(C#N)/C=C2\SC(=S)N(CC(=O)O)C2=O)cc1. The number of aliphatic carboxylic acids is 1. The van der Waals surface area contributed by atoms with Gasteiger partial charge in [0.25, 0.3) is 5.91 Å². The molecule has 5 nitrogen and oxygen atoms in total. The summed E-state index contributed by atoms with van der Waals surface area (Å²) in [6, 6.07) is 9.61. The number of aryl methyl sites for hydroxylation is 1. The van der Waals surface area contributed by atoms with Crippen LogP contribution in [-0.2, 0) is 9.59 Å². The molecule has 1 saturated heterocycles. The maximum absolute atomic E-state index is 12.1. The maximum atomic E-state index is 12.1. The van der Waals surface area contributed by atoms with E-state index in [9.17, 15) is 14.9 Å². The highest BCUT2D eigenvalue weighted by Gasteiger charge is 2.33. The normalized spacial score (nSPS) is 16.8. The fourth-order valence-electron chi connectivity index (χ4n) is 1.86. The number of nitrogens with zero attached hydrogens (tertiary/aromatic N) is 2. The second-order valence-electron chi connectivity index (χ2n) is 4.78. The molecule has 1 amide bonds. The van der Waals surface area contributed by atoms with Gasteiger partial charge in [-0.25, -0.2) is 0 Å². The smallest absolute Gasteiger partial charge is 0.323 e. The van der Waals surface area contributed by atoms with Gasteiger partial charge in [-0.15, -0.1) is 0 Å². The van der Waals surface area contributed by atoms with Crippen molar-refractivity contribution < 1.29 is 14.7 Å². The van der Waals surface area contributed by atoms with Crippen LogP contribution in [0.3, 0.4) is 0 Å². The Kier molecular flexibility index (Phi) is 5.32. The monoisotopic (exact) mass is 344 g/mol. The van der Waals surface area contributed by atoms with E-state index in [1.807, 2.05) is 37.3 Å². The van der Waals surface area contributed by atoms with Gasteiger partial charge in [-0.3, -0.25) is 14.5 Å². The zero-order valence-corrected chi connectivity index (χ0v) is 13.8. The van der Waals surface area contributed by atoms with Crippen molar-refractivity contribution in [3.8, 4) is 6.07 Å². The Morgan fingerprint density at radius 2 is 2.09 bits per heavy atom. The van der Waals surface area contributed by atoms with Gasteiger partial charge in [-0.2, -0.15) is 5.26 Å². The van der Waals surface area contributed by atoms with Crippen molar-refractivity contribution in [2.24, 2.45) is 0 Å². The zero-order valence-electron chi connectivity index (χ0n) is 12.1. The van der Waals surface area contributed by atoms with Crippen molar-refractivity contribution in [3.63, 3.8) is 0 Å². The van der Waals surface area contributed by atoms with E-state index in [1.165, 1.54) is 6.08 Å². The van der Waals surface area contributed by atoms with E-state index >= 15 is 0 Å². The first-order valence-corrected chi connectivity index (χ1v) is 7.79. The van der Waals surface area contributed by atoms with Crippen molar-refractivity contribution in [2.75, 3.05) is 6.54 Å². The van der Waals surface area contributed by atoms with Gasteiger partial charge in [0.2, 0.25) is 0 Å². The quantitative estimate of drug-likeness (QED) is 0.514. The van der Waals surface area contributed by atoms with Crippen LogP contribution in [0.4, 0.5) is 0 Å². The van der Waals surface area contributed by atoms with Crippen LogP contribution in [0.15, 0.2) is 40.8 Å². The van der Waals surface area contributed by atoms with E-state index in [0.29, 0.717) is 5.57 Å². The Hall–Kier alpha value is -2.43. The third-order valence-corrected chi connectivity index (χ3v) is 4.36. The van der Waals surface area contributed by atoms with Crippen molar-refractivity contribution in [1.82, 2.24) is 4.90 Å². The van der Waals surface area contributed by atoms with Gasteiger partial charge in [0, 0.05) is 0 Å². The summed E-state index contributed by atoms with van der Waals surface area (Å²) in [4.78, 5) is 24.2. The summed E-state index contributed by atoms with van der Waals surface area (Å²) in [6.45, 7) is 1.48. The maximum Gasteiger partial charge on any atom is 0.323 e. The van der Waals surface area contributed by atoms with Crippen molar-refractivity contribution in [1.29, 1.82) is 5.26 Å². The Morgan fingerprint density at radius 3 is 2.65 bits per heavy atom. The number of allylic oxidation sites excluding steroid dienone is 2. The number of rotatable bonds is 4. The minimum atomic E-state index is -1.14. The number of thioether (sulfide) groups is 1. The van der Waals surface area contributed by atoms with Crippen LogP contribution in [0.5, 0.6) is 0 Å². The molecule has 1 aliphatic rings. The second-order valence-corrected chi connectivity index (χ2v) is 6.46. The number of carboxylic acids is 1. The lowest BCUT2D eigenvalue weighted by atomic mass is 10.1. The number of nitriles is 1. The average Bonchev–Trinajstić information content (AvgIpc) is 2.76. The Morgan fingerprint density at radius 1 is 1.43 bits per heavy atom. The molecule has 0 aliphatic carbocycles. The van der Waals surface area contributed by atoms with Gasteiger partial charge in [-0.1, -0.05) is 53.8 Å². The molecular weight excluding hydrogens is 332 g/mol. The highest BCUT2D eigenvalue weighted by atomic mass is 32.2. The minimum Gasteiger partial charge on any atom is -0.480 e. The van der Waals surface area contributed by atoms with Crippen LogP contribution in [0.1, 0.15) is 11.1 Å². The predicted molar refractivity (Wildman–Crippen MR) is 92.4 cm³/mol.